The van der Waals surface area contributed by atoms with E-state index in [1.165, 1.54) is 0 Å². The normalized spacial score (nSPS) is 12.2. The molecule has 0 radical (unpaired) electrons. The Morgan fingerprint density at radius 1 is 1.62 bits per heavy atom. The molecule has 0 aromatic carbocycles. The van der Waals surface area contributed by atoms with Gasteiger partial charge in [-0.3, -0.25) is 10.1 Å². The summed E-state index contributed by atoms with van der Waals surface area (Å²) in [5.41, 5.74) is 6.14. The lowest BCUT2D eigenvalue weighted by molar-refractivity contribution is -0.116. The lowest BCUT2D eigenvalue weighted by Crippen LogP contribution is -2.21. The van der Waals surface area contributed by atoms with Crippen LogP contribution in [0, 0.1) is 12.8 Å². The Morgan fingerprint density at radius 2 is 2.31 bits per heavy atom. The highest BCUT2D eigenvalue weighted by atomic mass is 35.5. The van der Waals surface area contributed by atoms with Gasteiger partial charge in [-0.2, -0.15) is 0 Å². The number of aryl methyl sites for hydroxylation is 1. The van der Waals surface area contributed by atoms with Crippen LogP contribution in [0.3, 0.4) is 0 Å². The van der Waals surface area contributed by atoms with E-state index in [9.17, 15) is 4.79 Å². The molecule has 1 aromatic heterocycles. The summed E-state index contributed by atoms with van der Waals surface area (Å²) in [4.78, 5) is 19.5. The van der Waals surface area contributed by atoms with E-state index in [0.717, 1.165) is 0 Å². The molecule has 0 spiro atoms. The maximum atomic E-state index is 11.5. The minimum absolute atomic E-state index is 0.139. The van der Waals surface area contributed by atoms with E-state index < -0.39 is 0 Å². The molecule has 0 fully saturated rings. The highest BCUT2D eigenvalue weighted by Gasteiger charge is 2.09. The van der Waals surface area contributed by atoms with Crippen molar-refractivity contribution in [2.24, 2.45) is 11.7 Å². The van der Waals surface area contributed by atoms with Crippen molar-refractivity contribution in [1.29, 1.82) is 0 Å². The predicted molar refractivity (Wildman–Crippen MR) is 63.2 cm³/mol. The fraction of sp³-hybridized carbons (Fsp3) is 0.500. The van der Waals surface area contributed by atoms with E-state index in [1.54, 1.807) is 13.0 Å². The molecule has 0 aliphatic carbocycles. The molecule has 0 saturated heterocycles. The quantitative estimate of drug-likeness (QED) is 0.782. The molecular formula is C10H15ClN4O. The van der Waals surface area contributed by atoms with Gasteiger partial charge < -0.3 is 5.73 Å². The second-order valence-electron chi connectivity index (χ2n) is 3.75. The fourth-order valence-corrected chi connectivity index (χ4v) is 1.40. The number of nitrogens with zero attached hydrogens (tertiary/aromatic N) is 2. The predicted octanol–water partition coefficient (Wildman–Crippen LogP) is 1.36. The van der Waals surface area contributed by atoms with Crippen LogP contribution in [0.1, 0.15) is 19.0 Å². The van der Waals surface area contributed by atoms with Gasteiger partial charge in [-0.25, -0.2) is 9.97 Å². The summed E-state index contributed by atoms with van der Waals surface area (Å²) in [5, 5.41) is 2.90. The van der Waals surface area contributed by atoms with Gasteiger partial charge in [0.15, 0.2) is 0 Å². The summed E-state index contributed by atoms with van der Waals surface area (Å²) in [6, 6.07) is 1.62. The van der Waals surface area contributed by atoms with Crippen molar-refractivity contribution in [3.05, 3.63) is 16.9 Å². The third kappa shape index (κ3) is 4.12. The summed E-state index contributed by atoms with van der Waals surface area (Å²) in [5.74, 6) is 0.221. The van der Waals surface area contributed by atoms with Crippen LogP contribution in [-0.4, -0.2) is 22.4 Å². The average Bonchev–Trinajstić information content (AvgIpc) is 2.15. The number of amides is 1. The van der Waals surface area contributed by atoms with Crippen molar-refractivity contribution in [3.8, 4) is 0 Å². The number of aromatic nitrogens is 2. The van der Waals surface area contributed by atoms with Crippen molar-refractivity contribution < 1.29 is 4.79 Å². The molecule has 0 aliphatic heterocycles. The lowest BCUT2D eigenvalue weighted by Gasteiger charge is -2.08. The largest absolute Gasteiger partial charge is 0.330 e. The van der Waals surface area contributed by atoms with Crippen molar-refractivity contribution >= 4 is 23.5 Å². The van der Waals surface area contributed by atoms with Crippen molar-refractivity contribution in [2.75, 3.05) is 11.9 Å². The van der Waals surface area contributed by atoms with Gasteiger partial charge >= 0.3 is 0 Å². The number of hydrogen-bond donors (Lipinski definition) is 2. The molecule has 6 heteroatoms. The number of halogens is 1. The number of nitrogens with two attached hydrogens (primary N) is 1. The van der Waals surface area contributed by atoms with Crippen molar-refractivity contribution in [2.45, 2.75) is 20.3 Å². The smallest absolute Gasteiger partial charge is 0.231 e. The van der Waals surface area contributed by atoms with E-state index in [2.05, 4.69) is 15.3 Å². The lowest BCUT2D eigenvalue weighted by atomic mass is 10.1. The monoisotopic (exact) mass is 242 g/mol. The fourth-order valence-electron chi connectivity index (χ4n) is 1.16. The first kappa shape index (κ1) is 12.9. The van der Waals surface area contributed by atoms with E-state index in [0.29, 0.717) is 23.8 Å². The number of hydrogen-bond acceptors (Lipinski definition) is 4. The number of carbonyl (C=O) groups excluding carboxylic acids is 1. The van der Waals surface area contributed by atoms with Crippen LogP contribution in [-0.2, 0) is 4.79 Å². The van der Waals surface area contributed by atoms with Crippen LogP contribution in [0.25, 0.3) is 0 Å². The molecular weight excluding hydrogens is 228 g/mol. The Balaban J connectivity index is 2.62. The Bertz CT molecular complexity index is 363. The molecule has 16 heavy (non-hydrogen) atoms. The van der Waals surface area contributed by atoms with Gasteiger partial charge in [-0.05, 0) is 25.5 Å². The van der Waals surface area contributed by atoms with Crippen LogP contribution in [0.15, 0.2) is 6.07 Å². The van der Waals surface area contributed by atoms with E-state index >= 15 is 0 Å². The number of anilines is 1. The second kappa shape index (κ2) is 5.77. The van der Waals surface area contributed by atoms with E-state index in [1.807, 2.05) is 6.92 Å². The Hall–Kier alpha value is -1.20. The molecule has 0 saturated carbocycles. The van der Waals surface area contributed by atoms with Crippen LogP contribution < -0.4 is 11.1 Å². The Kier molecular flexibility index (Phi) is 4.64. The first-order valence-electron chi connectivity index (χ1n) is 5.02. The molecule has 5 nitrogen and oxygen atoms in total. The Morgan fingerprint density at radius 3 is 2.88 bits per heavy atom. The average molecular weight is 243 g/mol. The van der Waals surface area contributed by atoms with Crippen LogP contribution in [0.2, 0.25) is 5.15 Å². The summed E-state index contributed by atoms with van der Waals surface area (Å²) >= 11 is 5.74. The number of nitrogens with one attached hydrogen (secondary N) is 1. The molecule has 1 atom stereocenters. The van der Waals surface area contributed by atoms with Crippen molar-refractivity contribution in [3.63, 3.8) is 0 Å². The second-order valence-corrected chi connectivity index (χ2v) is 4.14. The Labute approximate surface area is 99.4 Å². The standard InChI is InChI=1S/C10H15ClN4O/c1-6(5-12)3-9(16)15-10-13-7(2)4-8(11)14-10/h4,6H,3,5,12H2,1-2H3,(H,13,14,15,16). The minimum atomic E-state index is -0.153. The number of carbonyl (C=O) groups is 1. The molecule has 88 valence electrons. The first-order chi connectivity index (χ1) is 7.51. The molecule has 0 aliphatic rings. The van der Waals surface area contributed by atoms with Gasteiger partial charge in [0.05, 0.1) is 0 Å². The molecule has 0 bridgehead atoms. The summed E-state index contributed by atoms with van der Waals surface area (Å²) in [7, 11) is 0. The molecule has 1 rings (SSSR count). The highest BCUT2D eigenvalue weighted by Crippen LogP contribution is 2.10. The van der Waals surface area contributed by atoms with Crippen LogP contribution in [0.4, 0.5) is 5.95 Å². The number of rotatable bonds is 4. The van der Waals surface area contributed by atoms with Crippen LogP contribution >= 0.6 is 11.6 Å². The zero-order valence-corrected chi connectivity index (χ0v) is 10.1. The molecule has 1 aromatic rings. The molecule has 1 amide bonds. The SMILES string of the molecule is Cc1cc(Cl)nc(NC(=O)CC(C)CN)n1. The van der Waals surface area contributed by atoms with E-state index in [-0.39, 0.29) is 17.8 Å². The van der Waals surface area contributed by atoms with E-state index in [4.69, 9.17) is 17.3 Å². The van der Waals surface area contributed by atoms with Gasteiger partial charge in [0.25, 0.3) is 0 Å². The third-order valence-electron chi connectivity index (χ3n) is 2.01. The van der Waals surface area contributed by atoms with Crippen LogP contribution in [0.5, 0.6) is 0 Å². The zero-order chi connectivity index (χ0) is 12.1. The van der Waals surface area contributed by atoms with Gasteiger partial charge in [-0.15, -0.1) is 0 Å². The van der Waals surface area contributed by atoms with Gasteiger partial charge in [-0.1, -0.05) is 18.5 Å². The summed E-state index contributed by atoms with van der Waals surface area (Å²) < 4.78 is 0. The van der Waals surface area contributed by atoms with Crippen molar-refractivity contribution in [1.82, 2.24) is 9.97 Å². The maximum Gasteiger partial charge on any atom is 0.231 e. The first-order valence-corrected chi connectivity index (χ1v) is 5.40. The summed E-state index contributed by atoms with van der Waals surface area (Å²) in [6.07, 6.45) is 0.353. The van der Waals surface area contributed by atoms with Gasteiger partial charge in [0, 0.05) is 12.1 Å². The van der Waals surface area contributed by atoms with Gasteiger partial charge in [0.2, 0.25) is 11.9 Å². The highest BCUT2D eigenvalue weighted by molar-refractivity contribution is 6.29. The molecule has 1 heterocycles. The zero-order valence-electron chi connectivity index (χ0n) is 9.33. The minimum Gasteiger partial charge on any atom is -0.330 e. The molecule has 1 unspecified atom stereocenters. The third-order valence-corrected chi connectivity index (χ3v) is 2.20. The topological polar surface area (TPSA) is 80.9 Å². The maximum absolute atomic E-state index is 11.5. The molecule has 3 N–H and O–H groups in total. The van der Waals surface area contributed by atoms with Gasteiger partial charge in [0.1, 0.15) is 5.15 Å². The summed E-state index contributed by atoms with van der Waals surface area (Å²) in [6.45, 7) is 4.16.